The second-order valence-corrected chi connectivity index (χ2v) is 4.84. The molecule has 4 heteroatoms. The normalized spacial score (nSPS) is 21.0. The van der Waals surface area contributed by atoms with Gasteiger partial charge in [-0.2, -0.15) is 0 Å². The Kier molecular flexibility index (Phi) is 4.47. The van der Waals surface area contributed by atoms with Gasteiger partial charge in [-0.05, 0) is 37.1 Å². The fraction of sp³-hybridized carbons (Fsp3) is 0.500. The summed E-state index contributed by atoms with van der Waals surface area (Å²) in [5, 5.41) is 4.49. The van der Waals surface area contributed by atoms with Crippen molar-refractivity contribution in [3.05, 3.63) is 33.8 Å². The predicted octanol–water partition coefficient (Wildman–Crippen LogP) is 3.26. The zero-order valence-electron chi connectivity index (χ0n) is 9.01. The number of rotatable bonds is 3. The maximum atomic E-state index is 5.94. The number of piperidine rings is 1. The molecular weight excluding hydrogens is 245 g/mol. The first kappa shape index (κ1) is 12.2. The Bertz CT molecular complexity index is 351. The SMILES string of the molecule is Clc1ccc(CO[C@H]2CCCNC2)cc1Cl. The first-order valence-corrected chi connectivity index (χ1v) is 6.27. The molecule has 1 aromatic carbocycles. The summed E-state index contributed by atoms with van der Waals surface area (Å²) < 4.78 is 5.80. The standard InChI is InChI=1S/C12H15Cl2NO/c13-11-4-3-9(6-12(11)14)8-16-10-2-1-5-15-7-10/h3-4,6,10,15H,1-2,5,7-8H2/t10-/m0/s1. The summed E-state index contributed by atoms with van der Waals surface area (Å²) in [7, 11) is 0. The number of hydrogen-bond donors (Lipinski definition) is 1. The lowest BCUT2D eigenvalue weighted by Gasteiger charge is -2.23. The molecule has 1 fully saturated rings. The molecule has 1 heterocycles. The molecule has 0 spiro atoms. The summed E-state index contributed by atoms with van der Waals surface area (Å²) in [6.45, 7) is 2.65. The van der Waals surface area contributed by atoms with Crippen LogP contribution in [0, 0.1) is 0 Å². The second-order valence-electron chi connectivity index (χ2n) is 4.03. The largest absolute Gasteiger partial charge is 0.372 e. The molecule has 2 rings (SSSR count). The third kappa shape index (κ3) is 3.36. The van der Waals surface area contributed by atoms with Crippen molar-refractivity contribution < 1.29 is 4.74 Å². The Morgan fingerprint density at radius 3 is 2.88 bits per heavy atom. The summed E-state index contributed by atoms with van der Waals surface area (Å²) >= 11 is 11.8. The van der Waals surface area contributed by atoms with E-state index in [9.17, 15) is 0 Å². The Balaban J connectivity index is 1.86. The van der Waals surface area contributed by atoms with Crippen LogP contribution < -0.4 is 5.32 Å². The van der Waals surface area contributed by atoms with Gasteiger partial charge in [0.15, 0.2) is 0 Å². The van der Waals surface area contributed by atoms with Crippen LogP contribution in [0.25, 0.3) is 0 Å². The van der Waals surface area contributed by atoms with Gasteiger partial charge in [0.2, 0.25) is 0 Å². The zero-order chi connectivity index (χ0) is 11.4. The first-order chi connectivity index (χ1) is 7.75. The monoisotopic (exact) mass is 259 g/mol. The van der Waals surface area contributed by atoms with E-state index in [-0.39, 0.29) is 0 Å². The molecule has 1 aliphatic rings. The molecule has 0 aliphatic carbocycles. The Labute approximate surface area is 106 Å². The molecule has 1 saturated heterocycles. The zero-order valence-corrected chi connectivity index (χ0v) is 10.5. The van der Waals surface area contributed by atoms with Crippen molar-refractivity contribution in [1.29, 1.82) is 0 Å². The van der Waals surface area contributed by atoms with Crippen molar-refractivity contribution >= 4 is 23.2 Å². The topological polar surface area (TPSA) is 21.3 Å². The lowest BCUT2D eigenvalue weighted by molar-refractivity contribution is 0.0253. The molecule has 0 saturated carbocycles. The van der Waals surface area contributed by atoms with Gasteiger partial charge in [0.05, 0.1) is 22.8 Å². The molecule has 16 heavy (non-hydrogen) atoms. The van der Waals surface area contributed by atoms with E-state index in [1.165, 1.54) is 6.42 Å². The van der Waals surface area contributed by atoms with Crippen LogP contribution in [-0.4, -0.2) is 19.2 Å². The van der Waals surface area contributed by atoms with E-state index in [2.05, 4.69) is 5.32 Å². The van der Waals surface area contributed by atoms with Gasteiger partial charge in [0.1, 0.15) is 0 Å². The van der Waals surface area contributed by atoms with Gasteiger partial charge in [-0.25, -0.2) is 0 Å². The van der Waals surface area contributed by atoms with Gasteiger partial charge >= 0.3 is 0 Å². The van der Waals surface area contributed by atoms with Crippen LogP contribution in [0.5, 0.6) is 0 Å². The van der Waals surface area contributed by atoms with E-state index in [0.717, 1.165) is 25.1 Å². The molecular formula is C12H15Cl2NO. The van der Waals surface area contributed by atoms with Crippen molar-refractivity contribution in [3.8, 4) is 0 Å². The van der Waals surface area contributed by atoms with Gasteiger partial charge in [-0.15, -0.1) is 0 Å². The summed E-state index contributed by atoms with van der Waals surface area (Å²) in [6, 6.07) is 5.62. The molecule has 1 aliphatic heterocycles. The quantitative estimate of drug-likeness (QED) is 0.900. The molecule has 0 radical (unpaired) electrons. The minimum absolute atomic E-state index is 0.322. The Morgan fingerprint density at radius 1 is 1.31 bits per heavy atom. The lowest BCUT2D eigenvalue weighted by atomic mass is 10.1. The van der Waals surface area contributed by atoms with E-state index < -0.39 is 0 Å². The maximum Gasteiger partial charge on any atom is 0.0721 e. The van der Waals surface area contributed by atoms with Gasteiger partial charge in [0, 0.05) is 6.54 Å². The highest BCUT2D eigenvalue weighted by Crippen LogP contribution is 2.23. The maximum absolute atomic E-state index is 5.94. The molecule has 1 N–H and O–H groups in total. The van der Waals surface area contributed by atoms with E-state index in [4.69, 9.17) is 27.9 Å². The minimum atomic E-state index is 0.322. The molecule has 1 aromatic rings. The average molecular weight is 260 g/mol. The molecule has 0 bridgehead atoms. The van der Waals surface area contributed by atoms with Crippen molar-refractivity contribution in [2.45, 2.75) is 25.6 Å². The first-order valence-electron chi connectivity index (χ1n) is 5.52. The van der Waals surface area contributed by atoms with Crippen molar-refractivity contribution in [2.24, 2.45) is 0 Å². The smallest absolute Gasteiger partial charge is 0.0721 e. The Hall–Kier alpha value is -0.280. The lowest BCUT2D eigenvalue weighted by Crippen LogP contribution is -2.35. The highest BCUT2D eigenvalue weighted by atomic mass is 35.5. The number of nitrogens with one attached hydrogen (secondary N) is 1. The number of halogens is 2. The van der Waals surface area contributed by atoms with E-state index in [1.54, 1.807) is 0 Å². The van der Waals surface area contributed by atoms with Crippen LogP contribution in [0.4, 0.5) is 0 Å². The number of benzene rings is 1. The summed E-state index contributed by atoms with van der Waals surface area (Å²) in [6.07, 6.45) is 2.64. The van der Waals surface area contributed by atoms with E-state index in [0.29, 0.717) is 22.8 Å². The van der Waals surface area contributed by atoms with Crippen LogP contribution in [0.15, 0.2) is 18.2 Å². The highest BCUT2D eigenvalue weighted by Gasteiger charge is 2.13. The molecule has 0 aromatic heterocycles. The van der Waals surface area contributed by atoms with Crippen LogP contribution >= 0.6 is 23.2 Å². The van der Waals surface area contributed by atoms with Crippen LogP contribution in [0.2, 0.25) is 10.0 Å². The average Bonchev–Trinajstić information content (AvgIpc) is 2.32. The van der Waals surface area contributed by atoms with Crippen molar-refractivity contribution in [1.82, 2.24) is 5.32 Å². The van der Waals surface area contributed by atoms with E-state index >= 15 is 0 Å². The third-order valence-electron chi connectivity index (χ3n) is 2.72. The predicted molar refractivity (Wildman–Crippen MR) is 67.1 cm³/mol. The molecule has 0 unspecified atom stereocenters. The summed E-state index contributed by atoms with van der Waals surface area (Å²) in [4.78, 5) is 0. The number of hydrogen-bond acceptors (Lipinski definition) is 2. The van der Waals surface area contributed by atoms with Gasteiger partial charge in [0.25, 0.3) is 0 Å². The molecule has 1 atom stereocenters. The highest BCUT2D eigenvalue weighted by molar-refractivity contribution is 6.41. The minimum Gasteiger partial charge on any atom is -0.372 e. The Morgan fingerprint density at radius 2 is 2.19 bits per heavy atom. The molecule has 0 amide bonds. The molecule has 2 nitrogen and oxygen atoms in total. The second kappa shape index (κ2) is 5.87. The third-order valence-corrected chi connectivity index (χ3v) is 3.46. The van der Waals surface area contributed by atoms with Gasteiger partial charge in [-0.1, -0.05) is 29.3 Å². The molecule has 88 valence electrons. The fourth-order valence-corrected chi connectivity index (χ4v) is 2.13. The van der Waals surface area contributed by atoms with Crippen LogP contribution in [-0.2, 0) is 11.3 Å². The summed E-state index contributed by atoms with van der Waals surface area (Å²) in [5.74, 6) is 0. The van der Waals surface area contributed by atoms with Crippen molar-refractivity contribution in [3.63, 3.8) is 0 Å². The fourth-order valence-electron chi connectivity index (χ4n) is 1.81. The van der Waals surface area contributed by atoms with Crippen molar-refractivity contribution in [2.75, 3.05) is 13.1 Å². The van der Waals surface area contributed by atoms with Gasteiger partial charge < -0.3 is 10.1 Å². The van der Waals surface area contributed by atoms with E-state index in [1.807, 2.05) is 18.2 Å². The van der Waals surface area contributed by atoms with Gasteiger partial charge in [-0.3, -0.25) is 0 Å². The van der Waals surface area contributed by atoms with Crippen LogP contribution in [0.1, 0.15) is 18.4 Å². The number of ether oxygens (including phenoxy) is 1. The summed E-state index contributed by atoms with van der Waals surface area (Å²) in [5.41, 5.74) is 1.07. The van der Waals surface area contributed by atoms with Crippen LogP contribution in [0.3, 0.4) is 0 Å².